The number of likely N-dealkylation sites (tertiary alicyclic amines) is 1. The molecule has 0 aromatic heterocycles. The fourth-order valence-corrected chi connectivity index (χ4v) is 4.05. The van der Waals surface area contributed by atoms with Crippen LogP contribution in [0.2, 0.25) is 0 Å². The minimum Gasteiger partial charge on any atom is -0.388 e. The second kappa shape index (κ2) is 7.60. The molecule has 6 heteroatoms. The maximum absolute atomic E-state index is 12.7. The Labute approximate surface area is 154 Å². The molecular formula is C20H23NO4S. The molecule has 1 aliphatic rings. The third-order valence-electron chi connectivity index (χ3n) is 4.92. The quantitative estimate of drug-likeness (QED) is 0.894. The Morgan fingerprint density at radius 2 is 1.73 bits per heavy atom. The Morgan fingerprint density at radius 1 is 1.08 bits per heavy atom. The average molecular weight is 373 g/mol. The van der Waals surface area contributed by atoms with Gasteiger partial charge in [-0.2, -0.15) is 0 Å². The van der Waals surface area contributed by atoms with Crippen molar-refractivity contribution in [2.45, 2.75) is 23.8 Å². The van der Waals surface area contributed by atoms with Gasteiger partial charge in [-0.15, -0.1) is 0 Å². The molecule has 1 fully saturated rings. The number of benzene rings is 2. The number of carbonyl (C=O) groups is 1. The molecule has 3 rings (SSSR count). The van der Waals surface area contributed by atoms with Crippen LogP contribution >= 0.6 is 0 Å². The third-order valence-corrected chi connectivity index (χ3v) is 6.03. The lowest BCUT2D eigenvalue weighted by Crippen LogP contribution is -2.39. The van der Waals surface area contributed by atoms with Crippen LogP contribution in [0.5, 0.6) is 0 Å². The molecule has 5 nitrogen and oxygen atoms in total. The Kier molecular flexibility index (Phi) is 5.44. The number of aliphatic hydroxyl groups excluding tert-OH is 1. The van der Waals surface area contributed by atoms with E-state index in [-0.39, 0.29) is 16.7 Å². The van der Waals surface area contributed by atoms with Crippen molar-refractivity contribution in [2.75, 3.05) is 19.3 Å². The number of piperidine rings is 1. The van der Waals surface area contributed by atoms with E-state index in [0.29, 0.717) is 31.5 Å². The van der Waals surface area contributed by atoms with Gasteiger partial charge in [0, 0.05) is 24.9 Å². The van der Waals surface area contributed by atoms with Crippen molar-refractivity contribution in [1.82, 2.24) is 4.90 Å². The van der Waals surface area contributed by atoms with Crippen LogP contribution in [0, 0.1) is 5.92 Å². The summed E-state index contributed by atoms with van der Waals surface area (Å²) >= 11 is 0. The van der Waals surface area contributed by atoms with Gasteiger partial charge in [-0.3, -0.25) is 4.79 Å². The highest BCUT2D eigenvalue weighted by molar-refractivity contribution is 7.90. The van der Waals surface area contributed by atoms with E-state index < -0.39 is 15.9 Å². The Bertz CT molecular complexity index is 872. The van der Waals surface area contributed by atoms with E-state index in [2.05, 4.69) is 0 Å². The summed E-state index contributed by atoms with van der Waals surface area (Å²) in [6.07, 6.45) is 2.04. The summed E-state index contributed by atoms with van der Waals surface area (Å²) in [5.74, 6) is -0.0491. The van der Waals surface area contributed by atoms with E-state index in [4.69, 9.17) is 0 Å². The summed E-state index contributed by atoms with van der Waals surface area (Å²) < 4.78 is 23.4. The molecular weight excluding hydrogens is 350 g/mol. The summed E-state index contributed by atoms with van der Waals surface area (Å²) in [6.45, 7) is 1.10. The van der Waals surface area contributed by atoms with Crippen LogP contribution in [0.4, 0.5) is 0 Å². The van der Waals surface area contributed by atoms with Crippen molar-refractivity contribution < 1.29 is 18.3 Å². The van der Waals surface area contributed by atoms with E-state index >= 15 is 0 Å². The monoisotopic (exact) mass is 373 g/mol. The van der Waals surface area contributed by atoms with Gasteiger partial charge in [-0.1, -0.05) is 36.4 Å². The average Bonchev–Trinajstić information content (AvgIpc) is 2.67. The number of nitrogens with zero attached hydrogens (tertiary/aromatic N) is 1. The lowest BCUT2D eigenvalue weighted by atomic mass is 9.87. The van der Waals surface area contributed by atoms with Crippen LogP contribution in [0.15, 0.2) is 59.5 Å². The number of rotatable bonds is 4. The van der Waals surface area contributed by atoms with Gasteiger partial charge >= 0.3 is 0 Å². The second-order valence-electron chi connectivity index (χ2n) is 6.79. The number of carbonyl (C=O) groups excluding carboxylic acids is 1. The van der Waals surface area contributed by atoms with Gasteiger partial charge in [-0.25, -0.2) is 8.42 Å². The van der Waals surface area contributed by atoms with Crippen LogP contribution in [0.25, 0.3) is 0 Å². The van der Waals surface area contributed by atoms with Gasteiger partial charge in [0.05, 0.1) is 11.0 Å². The van der Waals surface area contributed by atoms with Crippen molar-refractivity contribution >= 4 is 15.7 Å². The molecule has 0 bridgehead atoms. The van der Waals surface area contributed by atoms with Crippen molar-refractivity contribution in [2.24, 2.45) is 5.92 Å². The molecule has 2 aromatic carbocycles. The molecule has 26 heavy (non-hydrogen) atoms. The lowest BCUT2D eigenvalue weighted by molar-refractivity contribution is 0.0462. The zero-order valence-electron chi connectivity index (χ0n) is 14.7. The first kappa shape index (κ1) is 18.6. The third kappa shape index (κ3) is 4.14. The first-order valence-corrected chi connectivity index (χ1v) is 10.6. The molecule has 0 radical (unpaired) electrons. The topological polar surface area (TPSA) is 74.7 Å². The van der Waals surface area contributed by atoms with Crippen molar-refractivity contribution in [3.63, 3.8) is 0 Å². The normalized spacial score (nSPS) is 17.1. The largest absolute Gasteiger partial charge is 0.388 e. The highest BCUT2D eigenvalue weighted by Gasteiger charge is 2.28. The van der Waals surface area contributed by atoms with E-state index in [0.717, 1.165) is 11.8 Å². The lowest BCUT2D eigenvalue weighted by Gasteiger charge is -2.34. The van der Waals surface area contributed by atoms with Crippen LogP contribution in [0.1, 0.15) is 34.9 Å². The zero-order valence-corrected chi connectivity index (χ0v) is 15.5. The first-order chi connectivity index (χ1) is 12.4. The molecule has 138 valence electrons. The van der Waals surface area contributed by atoms with Gasteiger partial charge < -0.3 is 10.0 Å². The van der Waals surface area contributed by atoms with E-state index in [9.17, 15) is 18.3 Å². The number of aliphatic hydroxyl groups is 1. The minimum absolute atomic E-state index is 0.115. The molecule has 0 unspecified atom stereocenters. The van der Waals surface area contributed by atoms with Gasteiger partial charge in [0.15, 0.2) is 9.84 Å². The molecule has 1 N–H and O–H groups in total. The summed E-state index contributed by atoms with van der Waals surface area (Å²) in [5.41, 5.74) is 1.29. The van der Waals surface area contributed by atoms with Crippen LogP contribution in [-0.4, -0.2) is 43.7 Å². The van der Waals surface area contributed by atoms with Crippen LogP contribution < -0.4 is 0 Å². The SMILES string of the molecule is CS(=O)(=O)c1cccc(C(=O)N2CCC([C@H](O)c3ccccc3)CC2)c1. The standard InChI is InChI=1S/C20H23NO4S/c1-26(24,25)18-9-5-8-17(14-18)20(23)21-12-10-16(11-13-21)19(22)15-6-3-2-4-7-15/h2-9,14,16,19,22H,10-13H2,1H3/t19-/m1/s1. The van der Waals surface area contributed by atoms with Gasteiger partial charge in [0.2, 0.25) is 0 Å². The van der Waals surface area contributed by atoms with E-state index in [1.807, 2.05) is 30.3 Å². The van der Waals surface area contributed by atoms with Gasteiger partial charge in [0.1, 0.15) is 0 Å². The molecule has 0 spiro atoms. The zero-order chi connectivity index (χ0) is 18.7. The molecule has 1 aliphatic heterocycles. The summed E-state index contributed by atoms with van der Waals surface area (Å²) in [5, 5.41) is 10.5. The highest BCUT2D eigenvalue weighted by Crippen LogP contribution is 2.31. The first-order valence-electron chi connectivity index (χ1n) is 8.68. The maximum Gasteiger partial charge on any atom is 0.253 e. The van der Waals surface area contributed by atoms with E-state index in [1.165, 1.54) is 12.1 Å². The van der Waals surface area contributed by atoms with Gasteiger partial charge in [0.25, 0.3) is 5.91 Å². The van der Waals surface area contributed by atoms with Crippen LogP contribution in [0.3, 0.4) is 0 Å². The Hall–Kier alpha value is -2.18. The molecule has 0 saturated carbocycles. The smallest absolute Gasteiger partial charge is 0.253 e. The maximum atomic E-state index is 12.7. The van der Waals surface area contributed by atoms with Crippen molar-refractivity contribution in [1.29, 1.82) is 0 Å². The van der Waals surface area contributed by atoms with Crippen molar-refractivity contribution in [3.05, 3.63) is 65.7 Å². The fraction of sp³-hybridized carbons (Fsp3) is 0.350. The minimum atomic E-state index is -3.34. The number of hydrogen-bond acceptors (Lipinski definition) is 4. The molecule has 1 heterocycles. The fourth-order valence-electron chi connectivity index (χ4n) is 3.38. The predicted molar refractivity (Wildman–Crippen MR) is 99.6 cm³/mol. The number of amides is 1. The molecule has 1 atom stereocenters. The molecule has 2 aromatic rings. The summed E-state index contributed by atoms with van der Waals surface area (Å²) in [4.78, 5) is 14.6. The molecule has 1 amide bonds. The highest BCUT2D eigenvalue weighted by atomic mass is 32.2. The molecule has 0 aliphatic carbocycles. The second-order valence-corrected chi connectivity index (χ2v) is 8.80. The number of hydrogen-bond donors (Lipinski definition) is 1. The molecule has 1 saturated heterocycles. The predicted octanol–water partition coefficient (Wildman–Crippen LogP) is 2.68. The number of sulfone groups is 1. The van der Waals surface area contributed by atoms with Gasteiger partial charge in [-0.05, 0) is 42.5 Å². The van der Waals surface area contributed by atoms with Crippen LogP contribution in [-0.2, 0) is 9.84 Å². The summed E-state index contributed by atoms with van der Waals surface area (Å²) in [6, 6.07) is 15.7. The Balaban J connectivity index is 1.66. The van der Waals surface area contributed by atoms with E-state index in [1.54, 1.807) is 17.0 Å². The van der Waals surface area contributed by atoms with Crippen molar-refractivity contribution in [3.8, 4) is 0 Å². The summed E-state index contributed by atoms with van der Waals surface area (Å²) in [7, 11) is -3.34. The Morgan fingerprint density at radius 3 is 2.35 bits per heavy atom.